The second-order valence-corrected chi connectivity index (χ2v) is 14.5. The molecule has 0 radical (unpaired) electrons. The lowest BCUT2D eigenvalue weighted by molar-refractivity contribution is -0.127. The first-order valence-electron chi connectivity index (χ1n) is 18.1. The number of aliphatic hydroxyl groups is 4. The van der Waals surface area contributed by atoms with Crippen molar-refractivity contribution in [1.29, 1.82) is 0 Å². The number of hydrogen-bond acceptors (Lipinski definition) is 12. The van der Waals surface area contributed by atoms with Crippen LogP contribution in [-0.4, -0.2) is 74.7 Å². The summed E-state index contributed by atoms with van der Waals surface area (Å²) in [5.74, 6) is -4.90. The molecule has 15 nitrogen and oxygen atoms in total. The zero-order valence-electron chi connectivity index (χ0n) is 31.9. The van der Waals surface area contributed by atoms with Crippen molar-refractivity contribution in [2.24, 2.45) is 0 Å². The number of carbonyl (C=O) groups excluding carboxylic acids is 4. The van der Waals surface area contributed by atoms with Gasteiger partial charge in [0.15, 0.2) is 0 Å². The lowest BCUT2D eigenvalue weighted by Crippen LogP contribution is -2.32. The molecule has 4 atom stereocenters. The number of rotatable bonds is 16. The Labute approximate surface area is 349 Å². The normalized spacial score (nSPS) is 15.7. The van der Waals surface area contributed by atoms with E-state index in [0.29, 0.717) is 47.5 Å². The van der Waals surface area contributed by atoms with E-state index in [0.717, 1.165) is 22.3 Å². The second kappa shape index (κ2) is 21.3. The molecule has 0 spiro atoms. The van der Waals surface area contributed by atoms with E-state index in [1.807, 2.05) is 60.9 Å². The summed E-state index contributed by atoms with van der Waals surface area (Å²) in [4.78, 5) is 45.6. The quantitative estimate of drug-likeness (QED) is 0.0747. The average Bonchev–Trinajstić information content (AvgIpc) is 3.59. The Morgan fingerprint density at radius 2 is 0.932 bits per heavy atom. The van der Waals surface area contributed by atoms with Crippen LogP contribution in [0.15, 0.2) is 120 Å². The first-order valence-corrected chi connectivity index (χ1v) is 18.9. The third-order valence-electron chi connectivity index (χ3n) is 8.88. The molecule has 4 aromatic carbocycles. The Kier molecular flexibility index (Phi) is 16.6. The maximum absolute atomic E-state index is 11.5. The molecule has 0 bridgehead atoms. The third-order valence-corrected chi connectivity index (χ3v) is 9.35. The Hall–Kier alpha value is -5.78. The number of imide groups is 2. The van der Waals surface area contributed by atoms with Crippen molar-refractivity contribution >= 4 is 46.8 Å². The van der Waals surface area contributed by atoms with Crippen LogP contribution in [0.1, 0.15) is 48.3 Å². The number of ether oxygens (including phenoxy) is 2. The molecule has 6 rings (SSSR count). The van der Waals surface area contributed by atoms with Crippen molar-refractivity contribution in [3.05, 3.63) is 152 Å². The number of benzene rings is 4. The second-order valence-electron chi connectivity index (χ2n) is 13.6. The van der Waals surface area contributed by atoms with Gasteiger partial charge in [-0.3, -0.25) is 29.8 Å². The van der Waals surface area contributed by atoms with Crippen LogP contribution in [0.3, 0.4) is 0 Å². The van der Waals surface area contributed by atoms with E-state index in [-0.39, 0.29) is 17.6 Å². The maximum Gasteiger partial charge on any atom is 0.298 e. The van der Waals surface area contributed by atoms with Crippen LogP contribution in [0.2, 0.25) is 10.0 Å². The van der Waals surface area contributed by atoms with Crippen molar-refractivity contribution in [3.8, 4) is 11.5 Å². The van der Waals surface area contributed by atoms with E-state index in [4.69, 9.17) is 32.7 Å². The smallest absolute Gasteiger partial charge is 0.298 e. The monoisotopic (exact) mass is 850 g/mol. The third kappa shape index (κ3) is 13.1. The largest absolute Gasteiger partial charge is 0.500 e. The number of carbonyl (C=O) groups is 4. The van der Waals surface area contributed by atoms with Crippen LogP contribution in [0.25, 0.3) is 0 Å². The van der Waals surface area contributed by atoms with Crippen molar-refractivity contribution in [3.63, 3.8) is 0 Å². The topological polar surface area (TPSA) is 247 Å². The van der Waals surface area contributed by atoms with E-state index in [1.165, 1.54) is 0 Å². The number of nitrogens with one attached hydrogen (secondary N) is 4. The molecule has 0 aromatic heterocycles. The average molecular weight is 852 g/mol. The highest BCUT2D eigenvalue weighted by molar-refractivity contribution is 6.31. The summed E-state index contributed by atoms with van der Waals surface area (Å²) in [6, 6.07) is 28.4. The van der Waals surface area contributed by atoms with Gasteiger partial charge in [-0.05, 0) is 97.5 Å². The molecule has 4 aromatic rings. The molecule has 17 heteroatoms. The van der Waals surface area contributed by atoms with Gasteiger partial charge in [-0.25, -0.2) is 0 Å². The highest BCUT2D eigenvalue weighted by Crippen LogP contribution is 2.23. The van der Waals surface area contributed by atoms with Crippen molar-refractivity contribution in [2.75, 3.05) is 13.1 Å². The van der Waals surface area contributed by atoms with Gasteiger partial charge in [0.25, 0.3) is 23.6 Å². The van der Waals surface area contributed by atoms with Crippen molar-refractivity contribution < 1.29 is 54.6 Å². The minimum absolute atomic E-state index is 0. The molecule has 10 N–H and O–H groups in total. The van der Waals surface area contributed by atoms with Gasteiger partial charge in [0.1, 0.15) is 11.5 Å². The molecule has 4 unspecified atom stereocenters. The highest BCUT2D eigenvalue weighted by atomic mass is 35.5. The summed E-state index contributed by atoms with van der Waals surface area (Å²) in [5.41, 5.74) is 3.54. The molecule has 0 aliphatic carbocycles. The summed E-state index contributed by atoms with van der Waals surface area (Å²) in [6.45, 7) is 4.79. The van der Waals surface area contributed by atoms with Gasteiger partial charge in [-0.2, -0.15) is 0 Å². The van der Waals surface area contributed by atoms with E-state index in [9.17, 15) is 39.6 Å². The predicted octanol–water partition coefficient (Wildman–Crippen LogP) is 3.97. The molecule has 59 heavy (non-hydrogen) atoms. The molecule has 4 amide bonds. The number of halogens is 2. The van der Waals surface area contributed by atoms with E-state index in [2.05, 4.69) is 10.6 Å². The number of aliphatic hydroxyl groups excluding tert-OH is 4. The Morgan fingerprint density at radius 1 is 0.576 bits per heavy atom. The SMILES string of the molecule is CC(Cc1ccc(OC2=C(O)C(=O)NC2=O)cc1)NCC(O)c1cccc(Cl)c1.CC(Cc1ccc(OC2=C(O)C(=O)NC2=O)cc1)NCC(O)c1cccc(Cl)c1.O. The lowest BCUT2D eigenvalue weighted by Gasteiger charge is -2.18. The highest BCUT2D eigenvalue weighted by Gasteiger charge is 2.33. The molecule has 2 heterocycles. The molecule has 0 fully saturated rings. The molecule has 2 aliphatic rings. The van der Waals surface area contributed by atoms with Gasteiger partial charge in [-0.1, -0.05) is 71.7 Å². The van der Waals surface area contributed by atoms with Gasteiger partial charge in [-0.15, -0.1) is 0 Å². The van der Waals surface area contributed by atoms with E-state index >= 15 is 0 Å². The minimum atomic E-state index is -0.874. The van der Waals surface area contributed by atoms with Crippen LogP contribution in [0.5, 0.6) is 11.5 Å². The van der Waals surface area contributed by atoms with Crippen LogP contribution in [0.4, 0.5) is 0 Å². The summed E-state index contributed by atoms with van der Waals surface area (Å²) in [5, 5.41) is 51.3. The van der Waals surface area contributed by atoms with Crippen LogP contribution < -0.4 is 30.7 Å². The minimum Gasteiger partial charge on any atom is -0.500 e. The predicted molar refractivity (Wildman–Crippen MR) is 219 cm³/mol. The van der Waals surface area contributed by atoms with Gasteiger partial charge < -0.3 is 46.0 Å². The van der Waals surface area contributed by atoms with Gasteiger partial charge >= 0.3 is 0 Å². The summed E-state index contributed by atoms with van der Waals surface area (Å²) in [7, 11) is 0. The first kappa shape index (κ1) is 45.9. The lowest BCUT2D eigenvalue weighted by atomic mass is 10.1. The number of hydrogen-bond donors (Lipinski definition) is 8. The molecule has 2 aliphatic heterocycles. The first-order chi connectivity index (χ1) is 27.7. The zero-order valence-corrected chi connectivity index (χ0v) is 33.4. The molecular formula is C42H44Cl2N4O11. The summed E-state index contributed by atoms with van der Waals surface area (Å²) >= 11 is 11.9. The standard InChI is InChI=1S/2C21H21ClN2O5.H2O/c2*1-12(23-11-17(25)14-3-2-4-15(22)10-14)9-13-5-7-16(8-6-13)29-19-18(26)20(27)24-21(19)28;/h2*2-8,10,12,17,23,25H,9,11H2,1H3,(H2,24,26,27,28);1H2. The van der Waals surface area contributed by atoms with Crippen molar-refractivity contribution in [1.82, 2.24) is 21.3 Å². The van der Waals surface area contributed by atoms with Crippen LogP contribution >= 0.6 is 23.2 Å². The Bertz CT molecular complexity index is 2040. The van der Waals surface area contributed by atoms with Crippen LogP contribution in [0, 0.1) is 0 Å². The van der Waals surface area contributed by atoms with Gasteiger partial charge in [0, 0.05) is 35.2 Å². The Morgan fingerprint density at radius 3 is 1.24 bits per heavy atom. The van der Waals surface area contributed by atoms with Crippen LogP contribution in [-0.2, 0) is 32.0 Å². The molecule has 312 valence electrons. The number of amides is 4. The van der Waals surface area contributed by atoms with Gasteiger partial charge in [0.05, 0.1) is 12.2 Å². The molecule has 0 saturated carbocycles. The maximum atomic E-state index is 11.5. The fourth-order valence-corrected chi connectivity index (χ4v) is 6.21. The fraction of sp³-hybridized carbons (Fsp3) is 0.238. The summed E-state index contributed by atoms with van der Waals surface area (Å²) in [6.07, 6.45) is 0.0894. The van der Waals surface area contributed by atoms with Crippen molar-refractivity contribution in [2.45, 2.75) is 51.0 Å². The van der Waals surface area contributed by atoms with Gasteiger partial charge in [0.2, 0.25) is 23.0 Å². The summed E-state index contributed by atoms with van der Waals surface area (Å²) < 4.78 is 10.6. The van der Waals surface area contributed by atoms with E-state index < -0.39 is 58.9 Å². The molecule has 0 saturated heterocycles. The molecular weight excluding hydrogens is 807 g/mol. The zero-order chi connectivity index (χ0) is 41.9. The fourth-order valence-electron chi connectivity index (χ4n) is 5.81. The van der Waals surface area contributed by atoms with E-state index in [1.54, 1.807) is 60.7 Å². The Balaban J connectivity index is 0.000000256.